The molecule has 0 saturated heterocycles. The molecule has 14 N–H and O–H groups in total. The number of hydrogen-bond acceptors (Lipinski definition) is 18. The van der Waals surface area contributed by atoms with E-state index in [2.05, 4.69) is 0 Å². The van der Waals surface area contributed by atoms with Crippen LogP contribution in [0.1, 0.15) is 68.6 Å². The van der Waals surface area contributed by atoms with Crippen molar-refractivity contribution >= 4 is 0 Å². The third kappa shape index (κ3) is 5.68. The fraction of sp³-hybridized carbons (Fsp3) is 0.200. The van der Waals surface area contributed by atoms with Crippen molar-refractivity contribution in [1.29, 1.82) is 0 Å². The lowest BCUT2D eigenvalue weighted by molar-refractivity contribution is -0.219. The number of phenols is 11. The molecule has 0 amide bonds. The number of rotatable bonds is 4. The molecule has 4 aliphatic heterocycles. The maximum atomic E-state index is 12.7. The fourth-order valence-corrected chi connectivity index (χ4v) is 9.32. The molecule has 0 spiro atoms. The Morgan fingerprint density at radius 1 is 0.444 bits per heavy atom. The molecule has 63 heavy (non-hydrogen) atoms. The molecule has 0 fully saturated rings. The maximum absolute atomic E-state index is 12.7. The number of aromatic hydroxyl groups is 11. The molecule has 0 aliphatic carbocycles. The minimum Gasteiger partial charge on any atom is -0.508 e. The third-order valence-corrected chi connectivity index (χ3v) is 12.2. The third-order valence-electron chi connectivity index (χ3n) is 12.2. The van der Waals surface area contributed by atoms with Gasteiger partial charge in [0.2, 0.25) is 0 Å². The minimum absolute atomic E-state index is 0.0246. The second-order valence-electron chi connectivity index (χ2n) is 15.9. The van der Waals surface area contributed by atoms with Crippen LogP contribution in [0.3, 0.4) is 0 Å². The van der Waals surface area contributed by atoms with Crippen LogP contribution in [0.15, 0.2) is 78.9 Å². The number of benzene rings is 6. The summed E-state index contributed by atoms with van der Waals surface area (Å²) in [5.74, 6) is -12.9. The molecular formula is C45H36O18. The zero-order chi connectivity index (χ0) is 44.5. The van der Waals surface area contributed by atoms with Gasteiger partial charge in [-0.25, -0.2) is 0 Å². The first-order chi connectivity index (χ1) is 30.0. The monoisotopic (exact) mass is 864 g/mol. The van der Waals surface area contributed by atoms with Gasteiger partial charge in [-0.15, -0.1) is 0 Å². The van der Waals surface area contributed by atoms with Crippen LogP contribution in [0.2, 0.25) is 0 Å². The van der Waals surface area contributed by atoms with Gasteiger partial charge in [0.15, 0.2) is 40.6 Å². The fourth-order valence-electron chi connectivity index (χ4n) is 9.32. The van der Waals surface area contributed by atoms with Crippen molar-refractivity contribution in [3.05, 3.63) is 123 Å². The molecule has 0 saturated carbocycles. The smallest absolute Gasteiger partial charge is 0.305 e. The molecule has 6 aromatic carbocycles. The molecule has 8 atom stereocenters. The van der Waals surface area contributed by atoms with E-state index < -0.39 is 117 Å². The SMILES string of the molecule is Oc1cc(O)c2c(c1)O[C@H](c1ccc(O)c(O)c1)[C@H](O)[C@H]2c1c(O)cc(O)c2c1O[C@@]1(c3ccc(O)c(O)c3)Oc3cc(O)c4c(c3[C@@H]2C1O)O[C@H](c1ccc(O)c(O)c1)[C@H](O)C4. The van der Waals surface area contributed by atoms with Gasteiger partial charge in [0.05, 0.1) is 17.9 Å². The van der Waals surface area contributed by atoms with Gasteiger partial charge in [0, 0.05) is 64.1 Å². The summed E-state index contributed by atoms with van der Waals surface area (Å²) in [5, 5.41) is 156. The molecule has 10 rings (SSSR count). The molecule has 18 nitrogen and oxygen atoms in total. The first-order valence-electron chi connectivity index (χ1n) is 19.3. The Morgan fingerprint density at radius 3 is 1.67 bits per heavy atom. The number of fused-ring (bicyclic) bond motifs is 9. The maximum Gasteiger partial charge on any atom is 0.305 e. The van der Waals surface area contributed by atoms with Gasteiger partial charge < -0.3 is 90.4 Å². The molecule has 1 unspecified atom stereocenters. The molecular weight excluding hydrogens is 828 g/mol. The first-order valence-corrected chi connectivity index (χ1v) is 19.3. The van der Waals surface area contributed by atoms with Crippen molar-refractivity contribution in [3.63, 3.8) is 0 Å². The summed E-state index contributed by atoms with van der Waals surface area (Å²) >= 11 is 0. The standard InChI is InChI=1S/C45H36O18/c46-18-10-27(54)33-31(11-18)60-41(16-2-5-21(48)25(52)8-16)39(58)37(33)34-28(55)13-29(56)35-38-36-32(62-45(44(38)59,63-43(34)35)17-3-6-22(49)26(53)9-17)14-23(50)19-12-30(57)40(61-42(19)36)15-1-4-20(47)24(51)7-15/h1-11,13-14,30,37-41,44,46-59H,12H2/t30-,37-,38-,39-,40-,41-,44?,45-/m1/s1. The summed E-state index contributed by atoms with van der Waals surface area (Å²) in [5.41, 5.74) is -0.635. The number of ether oxygens (including phenoxy) is 4. The quantitative estimate of drug-likeness (QED) is 0.110. The van der Waals surface area contributed by atoms with Gasteiger partial charge in [0.25, 0.3) is 0 Å². The number of aliphatic hydroxyl groups excluding tert-OH is 3. The second kappa shape index (κ2) is 13.6. The van der Waals surface area contributed by atoms with E-state index in [-0.39, 0.29) is 68.2 Å². The lowest BCUT2D eigenvalue weighted by atomic mass is 9.71. The van der Waals surface area contributed by atoms with Gasteiger partial charge in [-0.1, -0.05) is 12.1 Å². The molecule has 0 radical (unpaired) electrons. The van der Waals surface area contributed by atoms with Crippen molar-refractivity contribution in [1.82, 2.24) is 0 Å². The van der Waals surface area contributed by atoms with Gasteiger partial charge in [0.1, 0.15) is 70.1 Å². The van der Waals surface area contributed by atoms with E-state index in [9.17, 15) is 71.5 Å². The van der Waals surface area contributed by atoms with Crippen LogP contribution in [0, 0.1) is 0 Å². The van der Waals surface area contributed by atoms with E-state index in [0.717, 1.165) is 48.5 Å². The summed E-state index contributed by atoms with van der Waals surface area (Å²) in [6.45, 7) is 0. The van der Waals surface area contributed by atoms with Crippen molar-refractivity contribution in [2.75, 3.05) is 0 Å². The van der Waals surface area contributed by atoms with E-state index in [1.807, 2.05) is 0 Å². The summed E-state index contributed by atoms with van der Waals surface area (Å²) in [6.07, 6.45) is -8.09. The molecule has 6 aromatic rings. The predicted octanol–water partition coefficient (Wildman–Crippen LogP) is 4.24. The van der Waals surface area contributed by atoms with Gasteiger partial charge >= 0.3 is 5.79 Å². The number of aliphatic hydroxyl groups is 3. The Bertz CT molecular complexity index is 2910. The highest BCUT2D eigenvalue weighted by Gasteiger charge is 2.61. The Hall–Kier alpha value is -7.80. The molecule has 0 aromatic heterocycles. The van der Waals surface area contributed by atoms with E-state index in [4.69, 9.17) is 18.9 Å². The summed E-state index contributed by atoms with van der Waals surface area (Å²) in [4.78, 5) is 0. The van der Waals surface area contributed by atoms with Crippen LogP contribution in [0.25, 0.3) is 0 Å². The molecule has 4 heterocycles. The summed E-state index contributed by atoms with van der Waals surface area (Å²) in [6, 6.07) is 14.8. The molecule has 4 aliphatic rings. The van der Waals surface area contributed by atoms with Crippen molar-refractivity contribution in [2.24, 2.45) is 0 Å². The normalized spacial score (nSPS) is 25.2. The Kier molecular flexibility index (Phi) is 8.49. The van der Waals surface area contributed by atoms with Crippen molar-refractivity contribution < 1.29 is 90.4 Å². The molecule has 18 heteroatoms. The van der Waals surface area contributed by atoms with Crippen LogP contribution < -0.4 is 18.9 Å². The van der Waals surface area contributed by atoms with Crippen LogP contribution in [0.4, 0.5) is 0 Å². The highest BCUT2D eigenvalue weighted by molar-refractivity contribution is 5.72. The Labute approximate surface area is 354 Å². The van der Waals surface area contributed by atoms with Crippen LogP contribution in [0.5, 0.6) is 86.2 Å². The van der Waals surface area contributed by atoms with E-state index in [1.54, 1.807) is 0 Å². The molecule has 324 valence electrons. The van der Waals surface area contributed by atoms with Crippen LogP contribution in [-0.4, -0.2) is 89.8 Å². The highest BCUT2D eigenvalue weighted by Crippen LogP contribution is 2.65. The zero-order valence-corrected chi connectivity index (χ0v) is 32.1. The van der Waals surface area contributed by atoms with E-state index in [0.29, 0.717) is 0 Å². The Balaban J connectivity index is 1.25. The lowest BCUT2D eigenvalue weighted by Gasteiger charge is -2.51. The highest BCUT2D eigenvalue weighted by atomic mass is 16.7. The van der Waals surface area contributed by atoms with Crippen LogP contribution >= 0.6 is 0 Å². The number of phenolic OH excluding ortho intramolecular Hbond substituents is 11. The number of hydrogen-bond donors (Lipinski definition) is 14. The van der Waals surface area contributed by atoms with E-state index >= 15 is 0 Å². The summed E-state index contributed by atoms with van der Waals surface area (Å²) < 4.78 is 25.7. The topological polar surface area (TPSA) is 320 Å². The van der Waals surface area contributed by atoms with E-state index in [1.165, 1.54) is 30.3 Å². The van der Waals surface area contributed by atoms with Crippen LogP contribution in [-0.2, 0) is 12.2 Å². The van der Waals surface area contributed by atoms with Gasteiger partial charge in [-0.3, -0.25) is 0 Å². The average molecular weight is 865 g/mol. The Morgan fingerprint density at radius 2 is 1.03 bits per heavy atom. The lowest BCUT2D eigenvalue weighted by Crippen LogP contribution is -2.58. The summed E-state index contributed by atoms with van der Waals surface area (Å²) in [7, 11) is 0. The average Bonchev–Trinajstić information content (AvgIpc) is 3.22. The minimum atomic E-state index is -2.50. The first kappa shape index (κ1) is 39.3. The largest absolute Gasteiger partial charge is 0.508 e. The predicted molar refractivity (Wildman–Crippen MR) is 212 cm³/mol. The van der Waals surface area contributed by atoms with Crippen molar-refractivity contribution in [3.8, 4) is 86.2 Å². The van der Waals surface area contributed by atoms with Crippen molar-refractivity contribution in [2.45, 2.75) is 54.6 Å². The molecule has 2 bridgehead atoms. The zero-order valence-electron chi connectivity index (χ0n) is 32.1. The van der Waals surface area contributed by atoms with Gasteiger partial charge in [-0.05, 0) is 53.6 Å². The van der Waals surface area contributed by atoms with Gasteiger partial charge in [-0.2, -0.15) is 0 Å². The second-order valence-corrected chi connectivity index (χ2v) is 15.9.